The van der Waals surface area contributed by atoms with E-state index in [1.165, 1.54) is 16.2 Å². The fraction of sp³-hybridized carbons (Fsp3) is 0.174. The number of hydrogen-bond donors (Lipinski definition) is 1. The molecule has 0 fully saturated rings. The van der Waals surface area contributed by atoms with Gasteiger partial charge >= 0.3 is 0 Å². The van der Waals surface area contributed by atoms with E-state index in [9.17, 15) is 14.4 Å². The van der Waals surface area contributed by atoms with Crippen LogP contribution in [0.3, 0.4) is 0 Å². The molecule has 1 aliphatic rings. The average Bonchev–Trinajstić information content (AvgIpc) is 3.41. The monoisotopic (exact) mass is 540 g/mol. The zero-order valence-corrected chi connectivity index (χ0v) is 20.2. The Morgan fingerprint density at radius 2 is 1.97 bits per heavy atom. The van der Waals surface area contributed by atoms with Crippen LogP contribution in [0.2, 0.25) is 0 Å². The number of benzene rings is 2. The van der Waals surface area contributed by atoms with Crippen LogP contribution in [0.4, 0.5) is 5.13 Å². The first-order valence-electron chi connectivity index (χ1n) is 10.3. The molecule has 2 aromatic heterocycles. The first kappa shape index (κ1) is 22.2. The molecule has 1 unspecified atom stereocenters. The molecular weight excluding hydrogens is 524 g/mol. The van der Waals surface area contributed by atoms with Gasteiger partial charge in [-0.05, 0) is 42.3 Å². The Morgan fingerprint density at radius 3 is 2.65 bits per heavy atom. The fourth-order valence-electron chi connectivity index (χ4n) is 3.84. The minimum atomic E-state index is -0.773. The number of amides is 2. The van der Waals surface area contributed by atoms with Gasteiger partial charge in [0, 0.05) is 4.47 Å². The Hall–Kier alpha value is -3.57. The Labute approximate surface area is 205 Å². The van der Waals surface area contributed by atoms with Crippen molar-refractivity contribution in [3.05, 3.63) is 79.1 Å². The summed E-state index contributed by atoms with van der Waals surface area (Å²) in [6.45, 7) is 1.69. The van der Waals surface area contributed by atoms with Crippen LogP contribution in [0.5, 0.6) is 5.75 Å². The number of hydrogen-bond acceptors (Lipinski definition) is 8. The third-order valence-electron chi connectivity index (χ3n) is 5.37. The molecule has 5 rings (SSSR count). The third kappa shape index (κ3) is 3.76. The summed E-state index contributed by atoms with van der Waals surface area (Å²) < 4.78 is 12.0. The van der Waals surface area contributed by atoms with Crippen LogP contribution in [-0.2, 0) is 11.2 Å². The number of fused-ring (bicyclic) bond motifs is 2. The standard InChI is InChI=1S/C23H17BrN4O5S/c1-2-17-26-27-23(34-17)28-19(11-3-6-13(7-4-11)32-10-16(25)29)18-20(30)14-9-12(24)5-8-15(14)33-21(18)22(28)31/h3-9,19H,2,10H2,1H3,(H2,25,29). The van der Waals surface area contributed by atoms with E-state index in [1.54, 1.807) is 42.5 Å². The van der Waals surface area contributed by atoms with Gasteiger partial charge in [0.2, 0.25) is 10.9 Å². The molecule has 1 aliphatic heterocycles. The largest absolute Gasteiger partial charge is 0.484 e. The number of rotatable bonds is 6. The van der Waals surface area contributed by atoms with Crippen molar-refractivity contribution in [1.29, 1.82) is 0 Å². The number of nitrogens with zero attached hydrogens (tertiary/aromatic N) is 3. The fourth-order valence-corrected chi connectivity index (χ4v) is 5.01. The molecule has 0 aliphatic carbocycles. The van der Waals surface area contributed by atoms with Gasteiger partial charge in [0.25, 0.3) is 11.8 Å². The summed E-state index contributed by atoms with van der Waals surface area (Å²) in [6.07, 6.45) is 0.665. The molecule has 9 nitrogen and oxygen atoms in total. The second-order valence-electron chi connectivity index (χ2n) is 7.55. The van der Waals surface area contributed by atoms with Gasteiger partial charge in [-0.25, -0.2) is 0 Å². The lowest BCUT2D eigenvalue weighted by Gasteiger charge is -2.22. The maximum Gasteiger partial charge on any atom is 0.297 e. The predicted octanol–water partition coefficient (Wildman–Crippen LogP) is 3.58. The number of halogens is 1. The first-order valence-corrected chi connectivity index (χ1v) is 11.9. The van der Waals surface area contributed by atoms with Crippen LogP contribution in [-0.4, -0.2) is 28.6 Å². The normalized spacial score (nSPS) is 15.1. The van der Waals surface area contributed by atoms with Gasteiger partial charge in [0.1, 0.15) is 16.3 Å². The van der Waals surface area contributed by atoms with Gasteiger partial charge < -0.3 is 14.9 Å². The zero-order valence-electron chi connectivity index (χ0n) is 17.8. The molecule has 2 amide bonds. The Balaban J connectivity index is 1.68. The van der Waals surface area contributed by atoms with Crippen LogP contribution >= 0.6 is 27.3 Å². The minimum absolute atomic E-state index is 0.0212. The Morgan fingerprint density at radius 1 is 1.21 bits per heavy atom. The molecule has 0 saturated heterocycles. The van der Waals surface area contributed by atoms with Crippen LogP contribution in [0, 0.1) is 0 Å². The summed E-state index contributed by atoms with van der Waals surface area (Å²) in [5, 5.41) is 9.85. The molecule has 11 heteroatoms. The van der Waals surface area contributed by atoms with Crippen LogP contribution < -0.4 is 20.8 Å². The van der Waals surface area contributed by atoms with Gasteiger partial charge in [0.15, 0.2) is 12.0 Å². The smallest absolute Gasteiger partial charge is 0.297 e. The lowest BCUT2D eigenvalue weighted by Crippen LogP contribution is -2.29. The molecule has 34 heavy (non-hydrogen) atoms. The van der Waals surface area contributed by atoms with E-state index < -0.39 is 17.9 Å². The number of aromatic nitrogens is 2. The van der Waals surface area contributed by atoms with Crippen molar-refractivity contribution in [1.82, 2.24) is 10.2 Å². The Bertz CT molecular complexity index is 1500. The maximum absolute atomic E-state index is 13.6. The summed E-state index contributed by atoms with van der Waals surface area (Å²) in [5.74, 6) is -0.650. The number of carbonyl (C=O) groups excluding carboxylic acids is 2. The quantitative estimate of drug-likeness (QED) is 0.395. The molecular formula is C23H17BrN4O5S. The predicted molar refractivity (Wildman–Crippen MR) is 129 cm³/mol. The number of carbonyl (C=O) groups is 2. The topological polar surface area (TPSA) is 129 Å². The molecule has 0 bridgehead atoms. The van der Waals surface area contributed by atoms with Gasteiger partial charge in [-0.2, -0.15) is 0 Å². The van der Waals surface area contributed by atoms with Gasteiger partial charge in [-0.3, -0.25) is 19.3 Å². The van der Waals surface area contributed by atoms with Crippen molar-refractivity contribution in [3.8, 4) is 5.75 Å². The number of ether oxygens (including phenoxy) is 1. The molecule has 2 N–H and O–H groups in total. The number of primary amides is 1. The average molecular weight is 541 g/mol. The first-order chi connectivity index (χ1) is 16.4. The summed E-state index contributed by atoms with van der Waals surface area (Å²) in [7, 11) is 0. The molecule has 0 spiro atoms. The number of nitrogens with two attached hydrogens (primary N) is 1. The molecule has 3 heterocycles. The van der Waals surface area contributed by atoms with Crippen molar-refractivity contribution in [2.75, 3.05) is 11.5 Å². The zero-order chi connectivity index (χ0) is 24.0. The van der Waals surface area contributed by atoms with E-state index in [0.29, 0.717) is 33.8 Å². The molecule has 1 atom stereocenters. The number of anilines is 1. The SMILES string of the molecule is CCc1nnc(N2C(=O)c3oc4ccc(Br)cc4c(=O)c3C2c2ccc(OCC(N)=O)cc2)s1. The summed E-state index contributed by atoms with van der Waals surface area (Å²) in [5.41, 5.74) is 6.04. The molecule has 0 saturated carbocycles. The molecule has 0 radical (unpaired) electrons. The lowest BCUT2D eigenvalue weighted by atomic mass is 9.98. The lowest BCUT2D eigenvalue weighted by molar-refractivity contribution is -0.119. The summed E-state index contributed by atoms with van der Waals surface area (Å²) in [4.78, 5) is 39.6. The van der Waals surface area contributed by atoms with E-state index in [0.717, 1.165) is 9.48 Å². The highest BCUT2D eigenvalue weighted by molar-refractivity contribution is 9.10. The van der Waals surface area contributed by atoms with E-state index >= 15 is 0 Å². The third-order valence-corrected chi connectivity index (χ3v) is 6.93. The second kappa shape index (κ2) is 8.65. The van der Waals surface area contributed by atoms with E-state index in [1.807, 2.05) is 6.92 Å². The van der Waals surface area contributed by atoms with Gasteiger partial charge in [0.05, 0.1) is 17.0 Å². The summed E-state index contributed by atoms with van der Waals surface area (Å²) >= 11 is 4.68. The van der Waals surface area contributed by atoms with Gasteiger partial charge in [-0.15, -0.1) is 10.2 Å². The van der Waals surface area contributed by atoms with Crippen molar-refractivity contribution in [2.24, 2.45) is 5.73 Å². The van der Waals surface area contributed by atoms with E-state index in [2.05, 4.69) is 26.1 Å². The van der Waals surface area contributed by atoms with Crippen LogP contribution in [0.25, 0.3) is 11.0 Å². The highest BCUT2D eigenvalue weighted by atomic mass is 79.9. The van der Waals surface area contributed by atoms with Crippen molar-refractivity contribution >= 4 is 55.2 Å². The Kier molecular flexibility index (Phi) is 5.66. The van der Waals surface area contributed by atoms with Crippen molar-refractivity contribution in [2.45, 2.75) is 19.4 Å². The second-order valence-corrected chi connectivity index (χ2v) is 9.50. The number of aryl methyl sites for hydroxylation is 1. The van der Waals surface area contributed by atoms with Crippen molar-refractivity contribution in [3.63, 3.8) is 0 Å². The molecule has 172 valence electrons. The van der Waals surface area contributed by atoms with Gasteiger partial charge in [-0.1, -0.05) is 46.3 Å². The highest BCUT2D eigenvalue weighted by Gasteiger charge is 2.45. The molecule has 4 aromatic rings. The van der Waals surface area contributed by atoms with Crippen LogP contribution in [0.15, 0.2) is 56.1 Å². The van der Waals surface area contributed by atoms with E-state index in [-0.39, 0.29) is 23.4 Å². The minimum Gasteiger partial charge on any atom is -0.484 e. The highest BCUT2D eigenvalue weighted by Crippen LogP contribution is 2.42. The van der Waals surface area contributed by atoms with E-state index in [4.69, 9.17) is 14.9 Å². The summed E-state index contributed by atoms with van der Waals surface area (Å²) in [6, 6.07) is 11.0. The van der Waals surface area contributed by atoms with Crippen molar-refractivity contribution < 1.29 is 18.7 Å². The van der Waals surface area contributed by atoms with Crippen LogP contribution in [0.1, 0.15) is 39.7 Å². The maximum atomic E-state index is 13.6. The molecule has 2 aromatic carbocycles.